The number of nitrogens with one attached hydrogen (secondary N) is 1. The fraction of sp³-hybridized carbons (Fsp3) is 0.133. The summed E-state index contributed by atoms with van der Waals surface area (Å²) < 4.78 is 7.56. The minimum atomic E-state index is -0.0611. The summed E-state index contributed by atoms with van der Waals surface area (Å²) >= 11 is 0. The van der Waals surface area contributed by atoms with E-state index in [2.05, 4.69) is 10.1 Å². The Morgan fingerprint density at radius 3 is 2.86 bits per heavy atom. The van der Waals surface area contributed by atoms with Crippen molar-refractivity contribution in [3.63, 3.8) is 0 Å². The van der Waals surface area contributed by atoms with Gasteiger partial charge >= 0.3 is 0 Å². The van der Waals surface area contributed by atoms with Gasteiger partial charge in [-0.2, -0.15) is 5.10 Å². The zero-order valence-electron chi connectivity index (χ0n) is 11.8. The lowest BCUT2D eigenvalue weighted by molar-refractivity contribution is 0.434. The van der Waals surface area contributed by atoms with E-state index in [1.807, 2.05) is 30.3 Å². The second-order valence-electron chi connectivity index (χ2n) is 4.73. The van der Waals surface area contributed by atoms with E-state index in [4.69, 9.17) is 15.9 Å². The molecule has 2 heterocycles. The molecule has 0 fully saturated rings. The van der Waals surface area contributed by atoms with E-state index in [1.165, 1.54) is 0 Å². The summed E-state index contributed by atoms with van der Waals surface area (Å²) in [6.07, 6.45) is 1.74. The van der Waals surface area contributed by atoms with Crippen LogP contribution < -0.4 is 10.5 Å². The molecule has 6 nitrogen and oxygen atoms in total. The van der Waals surface area contributed by atoms with Crippen molar-refractivity contribution in [1.29, 1.82) is 5.41 Å². The number of rotatable bonds is 3. The highest BCUT2D eigenvalue weighted by Crippen LogP contribution is 2.31. The van der Waals surface area contributed by atoms with Crippen LogP contribution in [0.3, 0.4) is 0 Å². The van der Waals surface area contributed by atoms with Crippen molar-refractivity contribution in [2.75, 3.05) is 0 Å². The molecule has 3 N–H and O–H groups in total. The van der Waals surface area contributed by atoms with Crippen molar-refractivity contribution in [1.82, 2.24) is 14.8 Å². The minimum absolute atomic E-state index is 0.0611. The largest absolute Gasteiger partial charge is 0.438 e. The minimum Gasteiger partial charge on any atom is -0.438 e. The molecular weight excluding hydrogens is 266 g/mol. The summed E-state index contributed by atoms with van der Waals surface area (Å²) in [5.74, 6) is 1.05. The van der Waals surface area contributed by atoms with Crippen molar-refractivity contribution < 1.29 is 4.74 Å². The summed E-state index contributed by atoms with van der Waals surface area (Å²) in [5.41, 5.74) is 7.66. The van der Waals surface area contributed by atoms with Crippen LogP contribution in [0.5, 0.6) is 11.6 Å². The molecule has 0 spiro atoms. The maximum absolute atomic E-state index is 7.69. The summed E-state index contributed by atoms with van der Waals surface area (Å²) in [7, 11) is 1.76. The van der Waals surface area contributed by atoms with E-state index in [-0.39, 0.29) is 5.84 Å². The molecule has 0 radical (unpaired) electrons. The maximum Gasteiger partial charge on any atom is 0.228 e. The molecule has 0 atom stereocenters. The molecule has 0 saturated heterocycles. The van der Waals surface area contributed by atoms with Crippen LogP contribution in [0.1, 0.15) is 11.3 Å². The Balaban J connectivity index is 2.14. The molecule has 21 heavy (non-hydrogen) atoms. The zero-order valence-corrected chi connectivity index (χ0v) is 11.8. The van der Waals surface area contributed by atoms with Gasteiger partial charge in [0.2, 0.25) is 5.88 Å². The van der Waals surface area contributed by atoms with Crippen LogP contribution in [0, 0.1) is 12.3 Å². The molecule has 106 valence electrons. The second kappa shape index (κ2) is 4.90. The number of nitrogen functional groups attached to an aromatic ring is 1. The van der Waals surface area contributed by atoms with Gasteiger partial charge in [-0.05, 0) is 31.2 Å². The number of nitrogens with zero attached hydrogens (tertiary/aromatic N) is 3. The van der Waals surface area contributed by atoms with Gasteiger partial charge in [0.15, 0.2) is 0 Å². The van der Waals surface area contributed by atoms with Gasteiger partial charge < -0.3 is 10.5 Å². The van der Waals surface area contributed by atoms with Crippen molar-refractivity contribution in [2.45, 2.75) is 6.92 Å². The molecule has 0 saturated carbocycles. The Kier molecular flexibility index (Phi) is 3.06. The molecule has 2 aromatic heterocycles. The number of pyridine rings is 1. The summed E-state index contributed by atoms with van der Waals surface area (Å²) in [6, 6.07) is 9.45. The van der Waals surface area contributed by atoms with Gasteiger partial charge in [-0.1, -0.05) is 6.07 Å². The predicted molar refractivity (Wildman–Crippen MR) is 80.8 cm³/mol. The fourth-order valence-electron chi connectivity index (χ4n) is 2.33. The lowest BCUT2D eigenvalue weighted by Crippen LogP contribution is -2.13. The van der Waals surface area contributed by atoms with E-state index >= 15 is 0 Å². The van der Waals surface area contributed by atoms with Crippen molar-refractivity contribution >= 4 is 16.7 Å². The van der Waals surface area contributed by atoms with Crippen LogP contribution >= 0.6 is 0 Å². The van der Waals surface area contributed by atoms with Crippen LogP contribution in [-0.4, -0.2) is 20.6 Å². The molecule has 3 aromatic rings. The highest BCUT2D eigenvalue weighted by Gasteiger charge is 2.18. The smallest absolute Gasteiger partial charge is 0.228 e. The molecule has 0 unspecified atom stereocenters. The van der Waals surface area contributed by atoms with E-state index in [1.54, 1.807) is 24.9 Å². The van der Waals surface area contributed by atoms with Gasteiger partial charge in [-0.25, -0.2) is 4.68 Å². The molecule has 0 amide bonds. The molecule has 6 heteroatoms. The normalized spacial score (nSPS) is 10.8. The lowest BCUT2D eigenvalue weighted by Gasteiger charge is -2.10. The molecule has 3 rings (SSSR count). The van der Waals surface area contributed by atoms with Crippen LogP contribution in [0.15, 0.2) is 36.5 Å². The number of amidine groups is 1. The Morgan fingerprint density at radius 2 is 2.10 bits per heavy atom. The van der Waals surface area contributed by atoms with Crippen molar-refractivity contribution in [3.8, 4) is 11.6 Å². The Morgan fingerprint density at radius 1 is 1.29 bits per heavy atom. The zero-order chi connectivity index (χ0) is 15.0. The quantitative estimate of drug-likeness (QED) is 0.569. The molecule has 1 aromatic carbocycles. The fourth-order valence-corrected chi connectivity index (χ4v) is 2.33. The average Bonchev–Trinajstić information content (AvgIpc) is 2.73. The van der Waals surface area contributed by atoms with Gasteiger partial charge in [-0.3, -0.25) is 10.4 Å². The third-order valence-corrected chi connectivity index (χ3v) is 3.25. The van der Waals surface area contributed by atoms with E-state index in [9.17, 15) is 0 Å². The van der Waals surface area contributed by atoms with Crippen LogP contribution in [-0.2, 0) is 7.05 Å². The summed E-state index contributed by atoms with van der Waals surface area (Å²) in [5, 5.41) is 12.9. The SMILES string of the molecule is Cc1nn(C)c(Oc2cccc3ncccc23)c1C(=N)N. The summed E-state index contributed by atoms with van der Waals surface area (Å²) in [4.78, 5) is 4.30. The monoisotopic (exact) mass is 281 g/mol. The number of aryl methyl sites for hydroxylation is 2. The van der Waals surface area contributed by atoms with Gasteiger partial charge in [-0.15, -0.1) is 0 Å². The number of nitrogens with two attached hydrogens (primary N) is 1. The number of ether oxygens (including phenoxy) is 1. The highest BCUT2D eigenvalue weighted by molar-refractivity contribution is 5.98. The second-order valence-corrected chi connectivity index (χ2v) is 4.73. The van der Waals surface area contributed by atoms with Gasteiger partial charge in [0.25, 0.3) is 0 Å². The maximum atomic E-state index is 7.69. The standard InChI is InChI=1S/C15H15N5O/c1-9-13(14(16)17)15(20(2)19-9)21-12-7-3-6-11-10(12)5-4-8-18-11/h3-8H,1-2H3,(H3,16,17). The average molecular weight is 281 g/mol. The number of aromatic nitrogens is 3. The van der Waals surface area contributed by atoms with Crippen LogP contribution in [0.2, 0.25) is 0 Å². The third-order valence-electron chi connectivity index (χ3n) is 3.25. The first-order valence-corrected chi connectivity index (χ1v) is 6.47. The third kappa shape index (κ3) is 2.20. The van der Waals surface area contributed by atoms with Crippen LogP contribution in [0.25, 0.3) is 10.9 Å². The lowest BCUT2D eigenvalue weighted by atomic mass is 10.2. The Labute approximate surface area is 121 Å². The molecule has 0 aliphatic carbocycles. The molecular formula is C15H15N5O. The van der Waals surface area contributed by atoms with Crippen molar-refractivity contribution in [2.24, 2.45) is 12.8 Å². The van der Waals surface area contributed by atoms with Crippen LogP contribution in [0.4, 0.5) is 0 Å². The van der Waals surface area contributed by atoms with Gasteiger partial charge in [0, 0.05) is 18.6 Å². The number of hydrogen-bond donors (Lipinski definition) is 2. The number of hydrogen-bond acceptors (Lipinski definition) is 4. The number of benzene rings is 1. The first-order chi connectivity index (χ1) is 10.1. The molecule has 0 aliphatic heterocycles. The van der Waals surface area contributed by atoms with Gasteiger partial charge in [0.1, 0.15) is 17.1 Å². The Hall–Kier alpha value is -2.89. The van der Waals surface area contributed by atoms with Crippen molar-refractivity contribution in [3.05, 3.63) is 47.8 Å². The molecule has 0 bridgehead atoms. The highest BCUT2D eigenvalue weighted by atomic mass is 16.5. The summed E-state index contributed by atoms with van der Waals surface area (Å²) in [6.45, 7) is 1.80. The van der Waals surface area contributed by atoms with E-state index < -0.39 is 0 Å². The van der Waals surface area contributed by atoms with E-state index in [0.717, 1.165) is 10.9 Å². The first-order valence-electron chi connectivity index (χ1n) is 6.47. The molecule has 0 aliphatic rings. The topological polar surface area (TPSA) is 89.8 Å². The van der Waals surface area contributed by atoms with Gasteiger partial charge in [0.05, 0.1) is 11.2 Å². The van der Waals surface area contributed by atoms with E-state index in [0.29, 0.717) is 22.9 Å². The Bertz CT molecular complexity index is 832. The predicted octanol–water partition coefficient (Wildman–Crippen LogP) is 2.35. The number of fused-ring (bicyclic) bond motifs is 1. The first kappa shape index (κ1) is 13.1.